The summed E-state index contributed by atoms with van der Waals surface area (Å²) >= 11 is 0. The number of aryl methyl sites for hydroxylation is 1. The first-order chi connectivity index (χ1) is 10.0. The van der Waals surface area contributed by atoms with E-state index in [1.54, 1.807) is 12.1 Å². The monoisotopic (exact) mass is 304 g/mol. The molecule has 1 aromatic carbocycles. The summed E-state index contributed by atoms with van der Waals surface area (Å²) in [5, 5.41) is 1.82. The van der Waals surface area contributed by atoms with Gasteiger partial charge in [0, 0.05) is 13.1 Å². The Labute approximate surface area is 126 Å². The van der Waals surface area contributed by atoms with Gasteiger partial charge in [0.2, 0.25) is 0 Å². The zero-order valence-corrected chi connectivity index (χ0v) is 12.9. The second kappa shape index (κ2) is 5.75. The molecule has 0 saturated carbocycles. The van der Waals surface area contributed by atoms with E-state index in [1.165, 1.54) is 0 Å². The molecule has 2 unspecified atom stereocenters. The van der Waals surface area contributed by atoms with Crippen LogP contribution in [0.25, 0.3) is 0 Å². The van der Waals surface area contributed by atoms with Crippen LogP contribution in [0.4, 0.5) is 0 Å². The average Bonchev–Trinajstić information content (AvgIpc) is 2.47. The van der Waals surface area contributed by atoms with Gasteiger partial charge in [-0.1, -0.05) is 42.0 Å². The minimum atomic E-state index is -3.48. The van der Waals surface area contributed by atoms with Crippen LogP contribution in [0.2, 0.25) is 0 Å². The summed E-state index contributed by atoms with van der Waals surface area (Å²) in [6.45, 7) is 3.40. The molecule has 1 aliphatic heterocycles. The maximum atomic E-state index is 12.4. The van der Waals surface area contributed by atoms with Crippen LogP contribution in [0.5, 0.6) is 0 Å². The van der Waals surface area contributed by atoms with Crippen LogP contribution >= 0.6 is 0 Å². The van der Waals surface area contributed by atoms with Crippen LogP contribution in [0.15, 0.2) is 53.5 Å². The SMILES string of the molecule is Cc1ccc(S(=O)(=O)NN2CCC3C=CC=CC3C2)cc1. The Balaban J connectivity index is 1.70. The third-order valence-corrected chi connectivity index (χ3v) is 5.51. The Morgan fingerprint density at radius 1 is 1.10 bits per heavy atom. The van der Waals surface area contributed by atoms with Crippen molar-refractivity contribution in [2.24, 2.45) is 11.8 Å². The van der Waals surface area contributed by atoms with Crippen molar-refractivity contribution in [1.82, 2.24) is 9.84 Å². The highest BCUT2D eigenvalue weighted by Crippen LogP contribution is 2.28. The van der Waals surface area contributed by atoms with Gasteiger partial charge in [0.05, 0.1) is 4.90 Å². The van der Waals surface area contributed by atoms with E-state index in [1.807, 2.05) is 30.1 Å². The van der Waals surface area contributed by atoms with Crippen molar-refractivity contribution in [3.8, 4) is 0 Å². The van der Waals surface area contributed by atoms with Gasteiger partial charge in [0.15, 0.2) is 0 Å². The predicted molar refractivity (Wildman–Crippen MR) is 83.0 cm³/mol. The lowest BCUT2D eigenvalue weighted by Crippen LogP contribution is -2.49. The quantitative estimate of drug-likeness (QED) is 0.932. The maximum absolute atomic E-state index is 12.4. The highest BCUT2D eigenvalue weighted by atomic mass is 32.2. The molecule has 112 valence electrons. The lowest BCUT2D eigenvalue weighted by atomic mass is 9.83. The third kappa shape index (κ3) is 3.26. The highest BCUT2D eigenvalue weighted by Gasteiger charge is 2.29. The normalized spacial score (nSPS) is 25.8. The summed E-state index contributed by atoms with van der Waals surface area (Å²) < 4.78 is 24.8. The Morgan fingerprint density at radius 3 is 2.48 bits per heavy atom. The van der Waals surface area contributed by atoms with Gasteiger partial charge in [0.1, 0.15) is 0 Å². The lowest BCUT2D eigenvalue weighted by molar-refractivity contribution is 0.142. The Kier molecular flexibility index (Phi) is 3.97. The molecule has 2 aliphatic rings. The molecule has 0 amide bonds. The minimum absolute atomic E-state index is 0.314. The molecule has 1 aliphatic carbocycles. The number of rotatable bonds is 3. The summed E-state index contributed by atoms with van der Waals surface area (Å²) in [6, 6.07) is 6.92. The summed E-state index contributed by atoms with van der Waals surface area (Å²) in [6.07, 6.45) is 9.47. The number of nitrogens with one attached hydrogen (secondary N) is 1. The smallest absolute Gasteiger partial charge is 0.230 e. The number of sulfonamides is 1. The molecule has 0 aromatic heterocycles. The van der Waals surface area contributed by atoms with Crippen molar-refractivity contribution < 1.29 is 8.42 Å². The maximum Gasteiger partial charge on any atom is 0.253 e. The average molecular weight is 304 g/mol. The van der Waals surface area contributed by atoms with Gasteiger partial charge in [-0.3, -0.25) is 0 Å². The summed E-state index contributed by atoms with van der Waals surface area (Å²) in [4.78, 5) is 3.03. The standard InChI is InChI=1S/C16H20N2O2S/c1-13-6-8-16(9-7-13)21(19,20)17-18-11-10-14-4-2-3-5-15(14)12-18/h2-9,14-15,17H,10-12H2,1H3. The second-order valence-corrected chi connectivity index (χ2v) is 7.40. The van der Waals surface area contributed by atoms with Crippen molar-refractivity contribution in [1.29, 1.82) is 0 Å². The molecule has 1 N–H and O–H groups in total. The van der Waals surface area contributed by atoms with Gasteiger partial charge in [-0.2, -0.15) is 0 Å². The molecular formula is C16H20N2O2S. The van der Waals surface area contributed by atoms with Crippen LogP contribution in [0, 0.1) is 18.8 Å². The number of hydrazine groups is 1. The fraction of sp³-hybridized carbons (Fsp3) is 0.375. The second-order valence-electron chi connectivity index (χ2n) is 5.74. The van der Waals surface area contributed by atoms with Crippen LogP contribution in [0.1, 0.15) is 12.0 Å². The Morgan fingerprint density at radius 2 is 1.76 bits per heavy atom. The van der Waals surface area contributed by atoms with Gasteiger partial charge < -0.3 is 0 Å². The van der Waals surface area contributed by atoms with Crippen LogP contribution in [0.3, 0.4) is 0 Å². The van der Waals surface area contributed by atoms with Gasteiger partial charge in [0.25, 0.3) is 10.0 Å². The molecule has 0 radical (unpaired) electrons. The first kappa shape index (κ1) is 14.5. The number of hydrogen-bond acceptors (Lipinski definition) is 3. The van der Waals surface area contributed by atoms with E-state index in [-0.39, 0.29) is 0 Å². The van der Waals surface area contributed by atoms with Crippen molar-refractivity contribution in [3.05, 3.63) is 54.1 Å². The third-order valence-electron chi connectivity index (χ3n) is 4.12. The van der Waals surface area contributed by atoms with Crippen molar-refractivity contribution in [3.63, 3.8) is 0 Å². The summed E-state index contributed by atoms with van der Waals surface area (Å²) in [5.74, 6) is 0.930. The topological polar surface area (TPSA) is 49.4 Å². The molecule has 1 aromatic rings. The minimum Gasteiger partial charge on any atom is -0.230 e. The largest absolute Gasteiger partial charge is 0.253 e. The van der Waals surface area contributed by atoms with E-state index >= 15 is 0 Å². The van der Waals surface area contributed by atoms with Gasteiger partial charge in [-0.05, 0) is 37.3 Å². The Hall–Kier alpha value is -1.43. The van der Waals surface area contributed by atoms with Crippen molar-refractivity contribution in [2.75, 3.05) is 13.1 Å². The first-order valence-corrected chi connectivity index (χ1v) is 8.72. The number of piperidine rings is 1. The van der Waals surface area contributed by atoms with Gasteiger partial charge in [-0.25, -0.2) is 13.4 Å². The highest BCUT2D eigenvalue weighted by molar-refractivity contribution is 7.89. The van der Waals surface area contributed by atoms with Crippen LogP contribution < -0.4 is 4.83 Å². The fourth-order valence-corrected chi connectivity index (χ4v) is 3.98. The van der Waals surface area contributed by atoms with E-state index in [2.05, 4.69) is 23.1 Å². The van der Waals surface area contributed by atoms with Crippen LogP contribution in [-0.4, -0.2) is 26.5 Å². The van der Waals surface area contributed by atoms with Crippen molar-refractivity contribution in [2.45, 2.75) is 18.2 Å². The zero-order chi connectivity index (χ0) is 14.9. The Bertz CT molecular complexity index is 662. The van der Waals surface area contributed by atoms with Crippen LogP contribution in [-0.2, 0) is 10.0 Å². The lowest BCUT2D eigenvalue weighted by Gasteiger charge is -2.36. The molecule has 0 bridgehead atoms. The first-order valence-electron chi connectivity index (χ1n) is 7.24. The van der Waals surface area contributed by atoms with E-state index in [9.17, 15) is 8.42 Å². The number of hydrogen-bond donors (Lipinski definition) is 1. The molecule has 3 rings (SSSR count). The van der Waals surface area contributed by atoms with Crippen molar-refractivity contribution >= 4 is 10.0 Å². The predicted octanol–water partition coefficient (Wildman–Crippen LogP) is 2.25. The number of benzene rings is 1. The number of allylic oxidation sites excluding steroid dienone is 3. The van der Waals surface area contributed by atoms with E-state index in [4.69, 9.17) is 0 Å². The molecule has 4 nitrogen and oxygen atoms in total. The summed E-state index contributed by atoms with van der Waals surface area (Å²) in [7, 11) is -3.48. The van der Waals surface area contributed by atoms with E-state index in [0.29, 0.717) is 16.7 Å². The molecule has 1 heterocycles. The molecule has 1 fully saturated rings. The van der Waals surface area contributed by atoms with E-state index < -0.39 is 10.0 Å². The molecule has 5 heteroatoms. The molecular weight excluding hydrogens is 284 g/mol. The fourth-order valence-electron chi connectivity index (χ4n) is 2.88. The molecule has 0 spiro atoms. The zero-order valence-electron chi connectivity index (χ0n) is 12.1. The van der Waals surface area contributed by atoms with E-state index in [0.717, 1.165) is 25.1 Å². The summed E-state index contributed by atoms with van der Waals surface area (Å²) in [5.41, 5.74) is 1.05. The molecule has 1 saturated heterocycles. The number of fused-ring (bicyclic) bond motifs is 1. The molecule has 21 heavy (non-hydrogen) atoms. The molecule has 2 atom stereocenters. The van der Waals surface area contributed by atoms with Gasteiger partial charge in [-0.15, -0.1) is 4.83 Å². The van der Waals surface area contributed by atoms with Gasteiger partial charge >= 0.3 is 0 Å². The number of nitrogens with zero attached hydrogens (tertiary/aromatic N) is 1.